The van der Waals surface area contributed by atoms with Gasteiger partial charge in [0, 0.05) is 37.1 Å². The molecule has 0 atom stereocenters. The molecule has 0 N–H and O–H groups in total. The van der Waals surface area contributed by atoms with Gasteiger partial charge in [-0.25, -0.2) is 0 Å². The summed E-state index contributed by atoms with van der Waals surface area (Å²) < 4.78 is 15.5. The lowest BCUT2D eigenvalue weighted by atomic mass is 10.1. The SMILES string of the molecule is CCOC(=O)CCN(Cc1cccnc1)C(=O)c1cc(OC)cc(OC)c1. The van der Waals surface area contributed by atoms with E-state index < -0.39 is 0 Å². The van der Waals surface area contributed by atoms with Crippen molar-refractivity contribution in [2.45, 2.75) is 19.9 Å². The van der Waals surface area contributed by atoms with Crippen molar-refractivity contribution >= 4 is 11.9 Å². The number of benzene rings is 1. The van der Waals surface area contributed by atoms with Crippen molar-refractivity contribution in [3.8, 4) is 11.5 Å². The number of ether oxygens (including phenoxy) is 3. The zero-order valence-electron chi connectivity index (χ0n) is 15.8. The molecule has 0 spiro atoms. The van der Waals surface area contributed by atoms with Gasteiger partial charge in [0.2, 0.25) is 0 Å². The van der Waals surface area contributed by atoms with Crippen LogP contribution in [0.5, 0.6) is 11.5 Å². The van der Waals surface area contributed by atoms with E-state index in [2.05, 4.69) is 4.98 Å². The van der Waals surface area contributed by atoms with E-state index in [0.29, 0.717) is 30.2 Å². The summed E-state index contributed by atoms with van der Waals surface area (Å²) in [6, 6.07) is 8.67. The Labute approximate surface area is 158 Å². The van der Waals surface area contributed by atoms with Crippen LogP contribution in [-0.4, -0.2) is 49.1 Å². The molecule has 0 saturated carbocycles. The molecular formula is C20H24N2O5. The Bertz CT molecular complexity index is 742. The predicted molar refractivity (Wildman–Crippen MR) is 99.8 cm³/mol. The lowest BCUT2D eigenvalue weighted by Crippen LogP contribution is -2.33. The molecule has 0 unspecified atom stereocenters. The maximum absolute atomic E-state index is 13.1. The maximum Gasteiger partial charge on any atom is 0.307 e. The molecule has 7 nitrogen and oxygen atoms in total. The van der Waals surface area contributed by atoms with Crippen molar-refractivity contribution in [2.24, 2.45) is 0 Å². The lowest BCUT2D eigenvalue weighted by molar-refractivity contribution is -0.143. The third-order valence-electron chi connectivity index (χ3n) is 3.87. The van der Waals surface area contributed by atoms with E-state index in [9.17, 15) is 9.59 Å². The van der Waals surface area contributed by atoms with Gasteiger partial charge in [-0.1, -0.05) is 6.07 Å². The van der Waals surface area contributed by atoms with E-state index in [4.69, 9.17) is 14.2 Å². The zero-order chi connectivity index (χ0) is 19.6. The van der Waals surface area contributed by atoms with Gasteiger partial charge in [0.15, 0.2) is 0 Å². The second kappa shape index (κ2) is 10.2. The number of pyridine rings is 1. The summed E-state index contributed by atoms with van der Waals surface area (Å²) in [6.45, 7) is 2.61. The van der Waals surface area contributed by atoms with Gasteiger partial charge in [-0.3, -0.25) is 14.6 Å². The normalized spacial score (nSPS) is 10.2. The Morgan fingerprint density at radius 3 is 2.37 bits per heavy atom. The minimum absolute atomic E-state index is 0.112. The predicted octanol–water partition coefficient (Wildman–Crippen LogP) is 2.69. The number of esters is 1. The van der Waals surface area contributed by atoms with Crippen molar-refractivity contribution in [1.29, 1.82) is 0 Å². The highest BCUT2D eigenvalue weighted by Gasteiger charge is 2.19. The van der Waals surface area contributed by atoms with Gasteiger partial charge in [0.1, 0.15) is 11.5 Å². The van der Waals surface area contributed by atoms with Crippen LogP contribution < -0.4 is 9.47 Å². The summed E-state index contributed by atoms with van der Waals surface area (Å²) in [5, 5.41) is 0. The molecule has 144 valence electrons. The minimum atomic E-state index is -0.343. The van der Waals surface area contributed by atoms with Gasteiger partial charge in [-0.15, -0.1) is 0 Å². The fraction of sp³-hybridized carbons (Fsp3) is 0.350. The van der Waals surface area contributed by atoms with E-state index in [1.807, 2.05) is 6.07 Å². The summed E-state index contributed by atoms with van der Waals surface area (Å²) in [5.74, 6) is 0.457. The second-order valence-electron chi connectivity index (χ2n) is 5.74. The Morgan fingerprint density at radius 1 is 1.11 bits per heavy atom. The Balaban J connectivity index is 2.25. The quantitative estimate of drug-likeness (QED) is 0.630. The molecule has 0 radical (unpaired) electrons. The highest BCUT2D eigenvalue weighted by molar-refractivity contribution is 5.95. The van der Waals surface area contributed by atoms with Gasteiger partial charge < -0.3 is 19.1 Å². The Kier molecular flexibility index (Phi) is 7.61. The van der Waals surface area contributed by atoms with Crippen LogP contribution in [0.4, 0.5) is 0 Å². The summed E-state index contributed by atoms with van der Waals surface area (Å²) in [4.78, 5) is 30.5. The number of carbonyl (C=O) groups excluding carboxylic acids is 2. The zero-order valence-corrected chi connectivity index (χ0v) is 15.8. The molecule has 0 aliphatic rings. The van der Waals surface area contributed by atoms with Gasteiger partial charge in [-0.2, -0.15) is 0 Å². The first-order valence-electron chi connectivity index (χ1n) is 8.64. The number of rotatable bonds is 9. The summed E-state index contributed by atoms with van der Waals surface area (Å²) in [5.41, 5.74) is 1.28. The first-order chi connectivity index (χ1) is 13.1. The van der Waals surface area contributed by atoms with Gasteiger partial charge in [-0.05, 0) is 30.7 Å². The number of methoxy groups -OCH3 is 2. The van der Waals surface area contributed by atoms with Crippen LogP contribution in [0.2, 0.25) is 0 Å². The van der Waals surface area contributed by atoms with E-state index in [1.165, 1.54) is 14.2 Å². The third-order valence-corrected chi connectivity index (χ3v) is 3.87. The molecule has 7 heteroatoms. The molecule has 1 aromatic heterocycles. The number of hydrogen-bond acceptors (Lipinski definition) is 6. The summed E-state index contributed by atoms with van der Waals surface area (Å²) >= 11 is 0. The van der Waals surface area contributed by atoms with Crippen LogP contribution in [0.25, 0.3) is 0 Å². The van der Waals surface area contributed by atoms with Crippen molar-refractivity contribution in [2.75, 3.05) is 27.4 Å². The molecule has 27 heavy (non-hydrogen) atoms. The Morgan fingerprint density at radius 2 is 1.81 bits per heavy atom. The van der Waals surface area contributed by atoms with Gasteiger partial charge in [0.05, 0.1) is 27.2 Å². The first-order valence-corrected chi connectivity index (χ1v) is 8.64. The fourth-order valence-corrected chi connectivity index (χ4v) is 2.54. The van der Waals surface area contributed by atoms with Crippen molar-refractivity contribution in [1.82, 2.24) is 9.88 Å². The molecule has 0 bridgehead atoms. The van der Waals surface area contributed by atoms with Crippen LogP contribution in [-0.2, 0) is 16.1 Å². The fourth-order valence-electron chi connectivity index (χ4n) is 2.54. The molecular weight excluding hydrogens is 348 g/mol. The van der Waals surface area contributed by atoms with Crippen LogP contribution in [0.1, 0.15) is 29.3 Å². The molecule has 2 aromatic rings. The minimum Gasteiger partial charge on any atom is -0.497 e. The smallest absolute Gasteiger partial charge is 0.307 e. The van der Waals surface area contributed by atoms with Crippen molar-refractivity contribution < 1.29 is 23.8 Å². The van der Waals surface area contributed by atoms with Crippen LogP contribution in [0.15, 0.2) is 42.7 Å². The molecule has 2 rings (SSSR count). The van der Waals surface area contributed by atoms with Crippen molar-refractivity contribution in [3.05, 3.63) is 53.9 Å². The topological polar surface area (TPSA) is 78.0 Å². The molecule has 0 saturated heterocycles. The largest absolute Gasteiger partial charge is 0.497 e. The van der Waals surface area contributed by atoms with Crippen LogP contribution in [0.3, 0.4) is 0 Å². The second-order valence-corrected chi connectivity index (χ2v) is 5.74. The molecule has 1 amide bonds. The number of hydrogen-bond donors (Lipinski definition) is 0. The van der Waals surface area contributed by atoms with Crippen molar-refractivity contribution in [3.63, 3.8) is 0 Å². The first kappa shape index (κ1) is 20.2. The maximum atomic E-state index is 13.1. The third kappa shape index (κ3) is 5.99. The lowest BCUT2D eigenvalue weighted by Gasteiger charge is -2.23. The number of amides is 1. The average molecular weight is 372 g/mol. The van der Waals surface area contributed by atoms with E-state index in [1.54, 1.807) is 48.5 Å². The van der Waals surface area contributed by atoms with Crippen LogP contribution >= 0.6 is 0 Å². The molecule has 1 heterocycles. The number of nitrogens with zero attached hydrogens (tertiary/aromatic N) is 2. The number of carbonyl (C=O) groups is 2. The summed E-state index contributed by atoms with van der Waals surface area (Å²) in [7, 11) is 3.05. The molecule has 1 aromatic carbocycles. The highest BCUT2D eigenvalue weighted by atomic mass is 16.5. The number of aromatic nitrogens is 1. The summed E-state index contributed by atoms with van der Waals surface area (Å²) in [6.07, 6.45) is 3.47. The van der Waals surface area contributed by atoms with Gasteiger partial charge >= 0.3 is 5.97 Å². The molecule has 0 fully saturated rings. The monoisotopic (exact) mass is 372 g/mol. The van der Waals surface area contributed by atoms with E-state index >= 15 is 0 Å². The van der Waals surface area contributed by atoms with Crippen LogP contribution in [0, 0.1) is 0 Å². The molecule has 0 aliphatic heterocycles. The standard InChI is InChI=1S/C20H24N2O5/c1-4-27-19(23)7-9-22(14-15-6-5-8-21-13-15)20(24)16-10-17(25-2)12-18(11-16)26-3/h5-6,8,10-13H,4,7,9,14H2,1-3H3. The average Bonchev–Trinajstić information content (AvgIpc) is 2.71. The van der Waals surface area contributed by atoms with E-state index in [-0.39, 0.29) is 24.8 Å². The highest BCUT2D eigenvalue weighted by Crippen LogP contribution is 2.24. The Hall–Kier alpha value is -3.09. The van der Waals surface area contributed by atoms with Gasteiger partial charge in [0.25, 0.3) is 5.91 Å². The van der Waals surface area contributed by atoms with E-state index in [0.717, 1.165) is 5.56 Å². The molecule has 0 aliphatic carbocycles.